The van der Waals surface area contributed by atoms with Gasteiger partial charge in [0.05, 0.1) is 10.5 Å². The molecule has 0 radical (unpaired) electrons. The molecule has 0 N–H and O–H groups in total. The predicted molar refractivity (Wildman–Crippen MR) is 58.3 cm³/mol. The second-order valence-electron chi connectivity index (χ2n) is 3.12. The minimum Gasteiger partial charge on any atom is -0.295 e. The van der Waals surface area contributed by atoms with Gasteiger partial charge >= 0.3 is 0 Å². The van der Waals surface area contributed by atoms with E-state index in [1.54, 1.807) is 6.07 Å². The molecule has 86 valence electrons. The van der Waals surface area contributed by atoms with Crippen molar-refractivity contribution in [3.8, 4) is 6.07 Å². The number of nitro groups is 1. The van der Waals surface area contributed by atoms with Crippen LogP contribution in [0.15, 0.2) is 22.4 Å². The van der Waals surface area contributed by atoms with Crippen molar-refractivity contribution < 1.29 is 9.72 Å². The molecule has 1 aromatic carbocycles. The van der Waals surface area contributed by atoms with Gasteiger partial charge in [0.2, 0.25) is 0 Å². The first-order chi connectivity index (χ1) is 8.01. The van der Waals surface area contributed by atoms with Crippen LogP contribution >= 0.6 is 0 Å². The Kier molecular flexibility index (Phi) is 3.62. The van der Waals surface area contributed by atoms with Crippen molar-refractivity contribution in [3.63, 3.8) is 0 Å². The zero-order valence-electron chi connectivity index (χ0n) is 9.17. The first-order valence-corrected chi connectivity index (χ1v) is 4.54. The van der Waals surface area contributed by atoms with Crippen LogP contribution in [0.25, 0.3) is 0 Å². The maximum atomic E-state index is 11.2. The van der Waals surface area contributed by atoms with E-state index in [4.69, 9.17) is 5.26 Å². The molecule has 1 aromatic rings. The van der Waals surface area contributed by atoms with E-state index in [1.165, 1.54) is 20.0 Å². The molecule has 0 saturated heterocycles. The zero-order chi connectivity index (χ0) is 13.0. The number of Topliss-reactive ketones (excluding diaryl/α,β-unsaturated/α-hetero) is 1. The van der Waals surface area contributed by atoms with Gasteiger partial charge in [0.15, 0.2) is 11.5 Å². The van der Waals surface area contributed by atoms with Crippen molar-refractivity contribution in [1.82, 2.24) is 0 Å². The number of azo groups is 1. The van der Waals surface area contributed by atoms with Crippen molar-refractivity contribution in [2.45, 2.75) is 6.92 Å². The molecule has 0 spiro atoms. The number of nitriles is 1. The highest BCUT2D eigenvalue weighted by atomic mass is 16.6. The Morgan fingerprint density at radius 3 is 2.59 bits per heavy atom. The molecule has 17 heavy (non-hydrogen) atoms. The minimum absolute atomic E-state index is 0.0463. The van der Waals surface area contributed by atoms with E-state index in [1.807, 2.05) is 0 Å². The third kappa shape index (κ3) is 2.49. The number of rotatable bonds is 3. The second kappa shape index (κ2) is 4.94. The number of nitro benzene ring substituents is 1. The lowest BCUT2D eigenvalue weighted by Gasteiger charge is -2.01. The Morgan fingerprint density at radius 2 is 2.18 bits per heavy atom. The SMILES string of the molecule is C/N=N/c1c(C#N)cc(C(C)=O)cc1[N+](=O)[O-]. The number of hydrogen-bond acceptors (Lipinski definition) is 6. The maximum Gasteiger partial charge on any atom is 0.298 e. The molecule has 1 rings (SSSR count). The van der Waals surface area contributed by atoms with Gasteiger partial charge in [0.25, 0.3) is 5.69 Å². The summed E-state index contributed by atoms with van der Waals surface area (Å²) >= 11 is 0. The third-order valence-electron chi connectivity index (χ3n) is 2.01. The van der Waals surface area contributed by atoms with Crippen LogP contribution in [0.3, 0.4) is 0 Å². The van der Waals surface area contributed by atoms with Gasteiger partial charge in [0, 0.05) is 18.7 Å². The Labute approximate surface area is 96.5 Å². The average Bonchev–Trinajstić information content (AvgIpc) is 2.28. The molecule has 0 fully saturated rings. The molecule has 0 amide bonds. The molecule has 0 aliphatic carbocycles. The summed E-state index contributed by atoms with van der Waals surface area (Å²) in [5, 5.41) is 26.7. The second-order valence-corrected chi connectivity index (χ2v) is 3.12. The molecule has 0 heterocycles. The molecule has 0 aliphatic heterocycles. The van der Waals surface area contributed by atoms with Crippen LogP contribution in [-0.4, -0.2) is 17.8 Å². The van der Waals surface area contributed by atoms with Crippen molar-refractivity contribution in [2.75, 3.05) is 7.05 Å². The molecule has 0 aliphatic rings. The van der Waals surface area contributed by atoms with Gasteiger partial charge in [-0.1, -0.05) is 0 Å². The largest absolute Gasteiger partial charge is 0.298 e. The fourth-order valence-electron chi connectivity index (χ4n) is 1.25. The van der Waals surface area contributed by atoms with Crippen LogP contribution in [0.2, 0.25) is 0 Å². The predicted octanol–water partition coefficient (Wildman–Crippen LogP) is 2.38. The Balaban J connectivity index is 3.64. The summed E-state index contributed by atoms with van der Waals surface area (Å²) in [5.41, 5.74) is -0.483. The third-order valence-corrected chi connectivity index (χ3v) is 2.01. The fourth-order valence-corrected chi connectivity index (χ4v) is 1.25. The van der Waals surface area contributed by atoms with Gasteiger partial charge in [-0.3, -0.25) is 14.9 Å². The Hall–Kier alpha value is -2.62. The number of carbonyl (C=O) groups excluding carboxylic acids is 1. The summed E-state index contributed by atoms with van der Waals surface area (Å²) in [5.74, 6) is -0.357. The Bertz CT molecular complexity index is 557. The van der Waals surface area contributed by atoms with E-state index < -0.39 is 10.6 Å². The minimum atomic E-state index is -0.697. The van der Waals surface area contributed by atoms with E-state index in [9.17, 15) is 14.9 Å². The van der Waals surface area contributed by atoms with Crippen LogP contribution in [0.5, 0.6) is 0 Å². The summed E-state index contributed by atoms with van der Waals surface area (Å²) in [4.78, 5) is 21.3. The smallest absolute Gasteiger partial charge is 0.295 e. The topological polar surface area (TPSA) is 109 Å². The highest BCUT2D eigenvalue weighted by Crippen LogP contribution is 2.32. The maximum absolute atomic E-state index is 11.2. The fraction of sp³-hybridized carbons (Fsp3) is 0.200. The molecule has 7 heteroatoms. The molecule has 0 unspecified atom stereocenters. The van der Waals surface area contributed by atoms with Crippen LogP contribution in [-0.2, 0) is 0 Å². The zero-order valence-corrected chi connectivity index (χ0v) is 9.17. The van der Waals surface area contributed by atoms with E-state index in [0.717, 1.165) is 6.07 Å². The number of carbonyl (C=O) groups is 1. The average molecular weight is 232 g/mol. The molecule has 0 saturated carbocycles. The normalized spacial score (nSPS) is 10.2. The van der Waals surface area contributed by atoms with E-state index in [0.29, 0.717) is 0 Å². The van der Waals surface area contributed by atoms with Gasteiger partial charge in [-0.05, 0) is 13.0 Å². The van der Waals surface area contributed by atoms with Gasteiger partial charge in [-0.2, -0.15) is 10.4 Å². The standard InChI is InChI=1S/C10H8N4O3/c1-6(15)7-3-8(5-11)10(13-12-2)9(4-7)14(16)17/h3-4H,1-2H3/b13-12+. The van der Waals surface area contributed by atoms with Gasteiger partial charge in [0.1, 0.15) is 6.07 Å². The summed E-state index contributed by atoms with van der Waals surface area (Å²) in [7, 11) is 1.34. The van der Waals surface area contributed by atoms with E-state index >= 15 is 0 Å². The molecular formula is C10H8N4O3. The van der Waals surface area contributed by atoms with Crippen LogP contribution in [0.1, 0.15) is 22.8 Å². The van der Waals surface area contributed by atoms with Crippen LogP contribution in [0, 0.1) is 21.4 Å². The summed E-state index contributed by atoms with van der Waals surface area (Å²) in [6.45, 7) is 1.27. The molecule has 7 nitrogen and oxygen atoms in total. The summed E-state index contributed by atoms with van der Waals surface area (Å²) in [6, 6.07) is 4.11. The van der Waals surface area contributed by atoms with Crippen LogP contribution < -0.4 is 0 Å². The lowest BCUT2D eigenvalue weighted by Crippen LogP contribution is -1.98. The lowest BCUT2D eigenvalue weighted by molar-refractivity contribution is -0.384. The van der Waals surface area contributed by atoms with Gasteiger partial charge in [-0.15, -0.1) is 5.11 Å². The first kappa shape index (κ1) is 12.4. The van der Waals surface area contributed by atoms with Gasteiger partial charge < -0.3 is 0 Å². The van der Waals surface area contributed by atoms with Crippen LogP contribution in [0.4, 0.5) is 11.4 Å². The lowest BCUT2D eigenvalue weighted by atomic mass is 10.1. The molecule has 0 aromatic heterocycles. The molecule has 0 atom stereocenters. The number of hydrogen-bond donors (Lipinski definition) is 0. The van der Waals surface area contributed by atoms with Crippen molar-refractivity contribution >= 4 is 17.2 Å². The van der Waals surface area contributed by atoms with Gasteiger partial charge in [-0.25, -0.2) is 0 Å². The van der Waals surface area contributed by atoms with Crippen molar-refractivity contribution in [1.29, 1.82) is 5.26 Å². The summed E-state index contributed by atoms with van der Waals surface area (Å²) in [6.07, 6.45) is 0. The highest BCUT2D eigenvalue weighted by molar-refractivity contribution is 5.96. The number of ketones is 1. The molecular weight excluding hydrogens is 224 g/mol. The monoisotopic (exact) mass is 232 g/mol. The van der Waals surface area contributed by atoms with E-state index in [2.05, 4.69) is 10.2 Å². The number of nitrogens with zero attached hydrogens (tertiary/aromatic N) is 4. The quantitative estimate of drug-likeness (QED) is 0.345. The highest BCUT2D eigenvalue weighted by Gasteiger charge is 2.21. The van der Waals surface area contributed by atoms with Crippen molar-refractivity contribution in [2.24, 2.45) is 10.2 Å². The van der Waals surface area contributed by atoms with E-state index in [-0.39, 0.29) is 22.6 Å². The molecule has 0 bridgehead atoms. The van der Waals surface area contributed by atoms with Crippen molar-refractivity contribution in [3.05, 3.63) is 33.4 Å². The number of benzene rings is 1. The Morgan fingerprint density at radius 1 is 1.53 bits per heavy atom. The summed E-state index contributed by atoms with van der Waals surface area (Å²) < 4.78 is 0. The first-order valence-electron chi connectivity index (χ1n) is 4.54.